The third kappa shape index (κ3) is 3.42. The molecule has 1 aliphatic rings. The van der Waals surface area contributed by atoms with Crippen LogP contribution in [0.4, 0.5) is 0 Å². The zero-order valence-corrected chi connectivity index (χ0v) is 13.0. The summed E-state index contributed by atoms with van der Waals surface area (Å²) in [6.45, 7) is 1.95. The van der Waals surface area contributed by atoms with Gasteiger partial charge in [-0.1, -0.05) is 22.0 Å². The van der Waals surface area contributed by atoms with E-state index >= 15 is 0 Å². The maximum atomic E-state index is 12.3. The predicted octanol–water partition coefficient (Wildman–Crippen LogP) is 2.53. The fourth-order valence-corrected chi connectivity index (χ4v) is 2.74. The van der Waals surface area contributed by atoms with Crippen molar-refractivity contribution in [3.63, 3.8) is 0 Å². The predicted molar refractivity (Wildman–Crippen MR) is 78.6 cm³/mol. The largest absolute Gasteiger partial charge is 0.374 e. The van der Waals surface area contributed by atoms with Gasteiger partial charge in [-0.3, -0.25) is 4.79 Å². The van der Waals surface area contributed by atoms with Crippen molar-refractivity contribution in [3.8, 4) is 0 Å². The van der Waals surface area contributed by atoms with Gasteiger partial charge in [-0.2, -0.15) is 0 Å². The topological polar surface area (TPSA) is 29.5 Å². The monoisotopic (exact) mass is 409 g/mol. The molecule has 1 fully saturated rings. The van der Waals surface area contributed by atoms with Gasteiger partial charge in [-0.05, 0) is 40.8 Å². The minimum atomic E-state index is 0.0952. The van der Waals surface area contributed by atoms with Crippen LogP contribution in [0.5, 0.6) is 0 Å². The number of halogens is 2. The van der Waals surface area contributed by atoms with E-state index in [4.69, 9.17) is 4.74 Å². The molecule has 0 radical (unpaired) electrons. The van der Waals surface area contributed by atoms with Gasteiger partial charge in [0.1, 0.15) is 0 Å². The van der Waals surface area contributed by atoms with Crippen LogP contribution in [-0.2, 0) is 4.74 Å². The van der Waals surface area contributed by atoms with E-state index in [9.17, 15) is 4.79 Å². The van der Waals surface area contributed by atoms with Crippen molar-refractivity contribution in [2.24, 2.45) is 0 Å². The Hall–Kier alpha value is -0.140. The molecule has 1 aromatic rings. The van der Waals surface area contributed by atoms with Crippen molar-refractivity contribution < 1.29 is 9.53 Å². The summed E-state index contributed by atoms with van der Waals surface area (Å²) in [5, 5.41) is 0.767. The highest BCUT2D eigenvalue weighted by molar-refractivity contribution is 14.1. The number of morpholine rings is 1. The lowest BCUT2D eigenvalue weighted by molar-refractivity contribution is -0.00965. The highest BCUT2D eigenvalue weighted by atomic mass is 127. The fourth-order valence-electron chi connectivity index (χ4n) is 1.80. The summed E-state index contributed by atoms with van der Waals surface area (Å²) in [6, 6.07) is 7.68. The standard InChI is InChI=1S/C12H13BrINO2/c13-7-11-8-15(4-5-17-11)12(16)9-2-1-3-10(14)6-9/h1-3,6,11H,4-5,7-8H2. The second-order valence-electron chi connectivity index (χ2n) is 3.91. The quantitative estimate of drug-likeness (QED) is 0.554. The molecule has 17 heavy (non-hydrogen) atoms. The zero-order valence-electron chi connectivity index (χ0n) is 9.23. The summed E-state index contributed by atoms with van der Waals surface area (Å²) in [7, 11) is 0. The lowest BCUT2D eigenvalue weighted by Gasteiger charge is -2.32. The molecular weight excluding hydrogens is 397 g/mol. The zero-order chi connectivity index (χ0) is 12.3. The van der Waals surface area contributed by atoms with Gasteiger partial charge < -0.3 is 9.64 Å². The first-order valence-corrected chi connectivity index (χ1v) is 7.63. The number of carbonyl (C=O) groups is 1. The number of hydrogen-bond acceptors (Lipinski definition) is 2. The van der Waals surface area contributed by atoms with E-state index < -0.39 is 0 Å². The number of carbonyl (C=O) groups excluding carboxylic acids is 1. The molecule has 5 heteroatoms. The van der Waals surface area contributed by atoms with Crippen molar-refractivity contribution in [3.05, 3.63) is 33.4 Å². The Bertz CT molecular complexity index is 413. The Morgan fingerprint density at radius 2 is 2.41 bits per heavy atom. The first-order chi connectivity index (χ1) is 8.20. The fraction of sp³-hybridized carbons (Fsp3) is 0.417. The Morgan fingerprint density at radius 3 is 3.12 bits per heavy atom. The van der Waals surface area contributed by atoms with E-state index in [2.05, 4.69) is 38.5 Å². The highest BCUT2D eigenvalue weighted by Gasteiger charge is 2.24. The van der Waals surface area contributed by atoms with Gasteiger partial charge in [0, 0.05) is 27.6 Å². The lowest BCUT2D eigenvalue weighted by Crippen LogP contribution is -2.46. The number of nitrogens with zero attached hydrogens (tertiary/aromatic N) is 1. The molecule has 1 aliphatic heterocycles. The van der Waals surface area contributed by atoms with Crippen LogP contribution in [-0.4, -0.2) is 41.9 Å². The Balaban J connectivity index is 2.09. The van der Waals surface area contributed by atoms with E-state index in [-0.39, 0.29) is 12.0 Å². The second kappa shape index (κ2) is 6.15. The number of hydrogen-bond donors (Lipinski definition) is 0. The number of ether oxygens (including phenoxy) is 1. The van der Waals surface area contributed by atoms with E-state index in [0.29, 0.717) is 19.7 Å². The van der Waals surface area contributed by atoms with Gasteiger partial charge in [0.05, 0.1) is 12.7 Å². The van der Waals surface area contributed by atoms with Crippen molar-refractivity contribution in [1.29, 1.82) is 0 Å². The lowest BCUT2D eigenvalue weighted by atomic mass is 10.2. The van der Waals surface area contributed by atoms with Gasteiger partial charge in [0.25, 0.3) is 5.91 Å². The van der Waals surface area contributed by atoms with Crippen LogP contribution in [0.1, 0.15) is 10.4 Å². The molecule has 2 rings (SSSR count). The maximum Gasteiger partial charge on any atom is 0.254 e. The third-order valence-corrected chi connectivity index (χ3v) is 4.06. The molecule has 0 saturated carbocycles. The van der Waals surface area contributed by atoms with Crippen molar-refractivity contribution >= 4 is 44.4 Å². The number of alkyl halides is 1. The first-order valence-electron chi connectivity index (χ1n) is 5.43. The van der Waals surface area contributed by atoms with Crippen LogP contribution < -0.4 is 0 Å². The molecule has 1 amide bonds. The maximum absolute atomic E-state index is 12.3. The van der Waals surface area contributed by atoms with Gasteiger partial charge in [0.2, 0.25) is 0 Å². The van der Waals surface area contributed by atoms with E-state index in [0.717, 1.165) is 14.5 Å². The first kappa shape index (κ1) is 13.3. The second-order valence-corrected chi connectivity index (χ2v) is 5.80. The van der Waals surface area contributed by atoms with E-state index in [1.165, 1.54) is 0 Å². The molecule has 0 spiro atoms. The van der Waals surface area contributed by atoms with Crippen LogP contribution in [0.2, 0.25) is 0 Å². The smallest absolute Gasteiger partial charge is 0.254 e. The molecular formula is C12H13BrINO2. The minimum absolute atomic E-state index is 0.0952. The summed E-state index contributed by atoms with van der Waals surface area (Å²) in [6.07, 6.45) is 0.107. The molecule has 0 aliphatic carbocycles. The van der Waals surface area contributed by atoms with Crippen LogP contribution in [0, 0.1) is 3.57 Å². The molecule has 1 unspecified atom stereocenters. The highest BCUT2D eigenvalue weighted by Crippen LogP contribution is 2.14. The van der Waals surface area contributed by atoms with Gasteiger partial charge in [-0.15, -0.1) is 0 Å². The van der Waals surface area contributed by atoms with Crippen LogP contribution in [0.25, 0.3) is 0 Å². The summed E-state index contributed by atoms with van der Waals surface area (Å²) < 4.78 is 6.61. The van der Waals surface area contributed by atoms with Crippen LogP contribution in [0.15, 0.2) is 24.3 Å². The van der Waals surface area contributed by atoms with Crippen molar-refractivity contribution in [2.45, 2.75) is 6.10 Å². The van der Waals surface area contributed by atoms with Gasteiger partial charge in [0.15, 0.2) is 0 Å². The molecule has 3 nitrogen and oxygen atoms in total. The number of benzene rings is 1. The summed E-state index contributed by atoms with van der Waals surface area (Å²) in [5.74, 6) is 0.0952. The molecule has 1 saturated heterocycles. The summed E-state index contributed by atoms with van der Waals surface area (Å²) in [4.78, 5) is 14.1. The summed E-state index contributed by atoms with van der Waals surface area (Å²) >= 11 is 5.61. The van der Waals surface area contributed by atoms with Crippen LogP contribution >= 0.6 is 38.5 Å². The number of rotatable bonds is 2. The average molecular weight is 410 g/mol. The van der Waals surface area contributed by atoms with E-state index in [1.54, 1.807) is 0 Å². The van der Waals surface area contributed by atoms with Gasteiger partial charge >= 0.3 is 0 Å². The van der Waals surface area contributed by atoms with Gasteiger partial charge in [-0.25, -0.2) is 0 Å². The Kier molecular flexibility index (Phi) is 4.81. The Morgan fingerprint density at radius 1 is 1.59 bits per heavy atom. The van der Waals surface area contributed by atoms with Crippen molar-refractivity contribution in [2.75, 3.05) is 25.0 Å². The molecule has 1 heterocycles. The molecule has 0 N–H and O–H groups in total. The SMILES string of the molecule is O=C(c1cccc(I)c1)N1CCOC(CBr)C1. The third-order valence-electron chi connectivity index (χ3n) is 2.67. The van der Waals surface area contributed by atoms with E-state index in [1.807, 2.05) is 29.2 Å². The van der Waals surface area contributed by atoms with Crippen molar-refractivity contribution in [1.82, 2.24) is 4.90 Å². The van der Waals surface area contributed by atoms with Crippen LogP contribution in [0.3, 0.4) is 0 Å². The normalized spacial score (nSPS) is 20.4. The minimum Gasteiger partial charge on any atom is -0.374 e. The molecule has 92 valence electrons. The number of amides is 1. The average Bonchev–Trinajstić information content (AvgIpc) is 2.38. The molecule has 1 atom stereocenters. The Labute approximate surface area is 123 Å². The summed E-state index contributed by atoms with van der Waals surface area (Å²) in [5.41, 5.74) is 0.757. The molecule has 1 aromatic carbocycles. The molecule has 0 bridgehead atoms. The molecule has 0 aromatic heterocycles.